The molecule has 1 aromatic carbocycles. The molecule has 7 heteroatoms. The molecule has 3 rings (SSSR count). The summed E-state index contributed by atoms with van der Waals surface area (Å²) in [6.45, 7) is 4.01. The molecule has 2 aliphatic rings. The molecule has 1 aromatic rings. The predicted octanol–water partition coefficient (Wildman–Crippen LogP) is 2.46. The highest BCUT2D eigenvalue weighted by molar-refractivity contribution is 8.26. The van der Waals surface area contributed by atoms with Crippen molar-refractivity contribution >= 4 is 45.7 Å². The largest absolute Gasteiger partial charge is 0.493 e. The molecular formula is C16H13NO4S2. The van der Waals surface area contributed by atoms with Gasteiger partial charge in [-0.1, -0.05) is 42.7 Å². The molecule has 0 spiro atoms. The molecule has 0 aromatic heterocycles. The van der Waals surface area contributed by atoms with Crippen LogP contribution in [0.1, 0.15) is 11.1 Å². The third-order valence-corrected chi connectivity index (χ3v) is 5.06. The van der Waals surface area contributed by atoms with Crippen molar-refractivity contribution in [2.75, 3.05) is 13.2 Å². The summed E-state index contributed by atoms with van der Waals surface area (Å²) in [5.41, 5.74) is 2.59. The number of fused-ring (bicyclic) bond motifs is 1. The lowest BCUT2D eigenvalue weighted by molar-refractivity contribution is -0.140. The number of carboxylic acids is 1. The van der Waals surface area contributed by atoms with Crippen LogP contribution in [0.4, 0.5) is 0 Å². The van der Waals surface area contributed by atoms with Crippen molar-refractivity contribution in [1.29, 1.82) is 0 Å². The zero-order chi connectivity index (χ0) is 16.6. The Morgan fingerprint density at radius 2 is 2.30 bits per heavy atom. The van der Waals surface area contributed by atoms with E-state index >= 15 is 0 Å². The van der Waals surface area contributed by atoms with Crippen LogP contribution in [0.3, 0.4) is 0 Å². The van der Waals surface area contributed by atoms with Crippen LogP contribution in [0.15, 0.2) is 35.8 Å². The molecule has 1 N–H and O–H groups in total. The van der Waals surface area contributed by atoms with Gasteiger partial charge in [0.15, 0.2) is 0 Å². The van der Waals surface area contributed by atoms with E-state index in [1.165, 1.54) is 0 Å². The highest BCUT2D eigenvalue weighted by Crippen LogP contribution is 2.38. The van der Waals surface area contributed by atoms with Gasteiger partial charge in [-0.25, -0.2) is 0 Å². The van der Waals surface area contributed by atoms with Crippen molar-refractivity contribution in [3.05, 3.63) is 46.9 Å². The average molecular weight is 347 g/mol. The number of carboxylic acid groups (broad SMARTS) is 1. The van der Waals surface area contributed by atoms with Crippen LogP contribution in [-0.4, -0.2) is 39.4 Å². The lowest BCUT2D eigenvalue weighted by Crippen LogP contribution is -2.33. The fraction of sp³-hybridized carbons (Fsp3) is 0.188. The van der Waals surface area contributed by atoms with Crippen LogP contribution >= 0.6 is 24.0 Å². The Bertz CT molecular complexity index is 769. The molecule has 118 valence electrons. The van der Waals surface area contributed by atoms with Gasteiger partial charge in [-0.05, 0) is 23.3 Å². The van der Waals surface area contributed by atoms with Gasteiger partial charge in [0, 0.05) is 12.0 Å². The second-order valence-electron chi connectivity index (χ2n) is 5.02. The smallest absolute Gasteiger partial charge is 0.323 e. The molecule has 0 saturated carbocycles. The summed E-state index contributed by atoms with van der Waals surface area (Å²) in [6.07, 6.45) is 2.43. The highest BCUT2D eigenvalue weighted by Gasteiger charge is 2.35. The van der Waals surface area contributed by atoms with E-state index in [4.69, 9.17) is 22.1 Å². The van der Waals surface area contributed by atoms with E-state index in [1.807, 2.05) is 18.2 Å². The van der Waals surface area contributed by atoms with Crippen LogP contribution in [0.2, 0.25) is 0 Å². The average Bonchev–Trinajstić information content (AvgIpc) is 3.08. The molecule has 1 amide bonds. The number of ether oxygens (including phenoxy) is 1. The molecule has 0 aliphatic carbocycles. The SMILES string of the molecule is C=CC(=C1SC(=S)N(CC(=O)O)C1=O)c1ccc2c(c1)CCO2. The first-order valence-corrected chi connectivity index (χ1v) is 8.12. The zero-order valence-corrected chi connectivity index (χ0v) is 13.7. The number of hydrogen-bond donors (Lipinski definition) is 1. The Hall–Kier alpha value is -2.12. The van der Waals surface area contributed by atoms with E-state index in [0.29, 0.717) is 17.1 Å². The number of thioether (sulfide) groups is 1. The molecule has 0 radical (unpaired) electrons. The van der Waals surface area contributed by atoms with Crippen LogP contribution in [-0.2, 0) is 16.0 Å². The highest BCUT2D eigenvalue weighted by atomic mass is 32.2. The van der Waals surface area contributed by atoms with Gasteiger partial charge in [0.05, 0.1) is 11.5 Å². The number of thiocarbonyl (C=S) groups is 1. The summed E-state index contributed by atoms with van der Waals surface area (Å²) in [4.78, 5) is 24.9. The minimum absolute atomic E-state index is 0.247. The van der Waals surface area contributed by atoms with Gasteiger partial charge >= 0.3 is 5.97 Å². The van der Waals surface area contributed by atoms with Crippen molar-refractivity contribution in [2.24, 2.45) is 0 Å². The quantitative estimate of drug-likeness (QED) is 0.667. The monoisotopic (exact) mass is 347 g/mol. The van der Waals surface area contributed by atoms with E-state index in [2.05, 4.69) is 6.58 Å². The zero-order valence-electron chi connectivity index (χ0n) is 12.1. The van der Waals surface area contributed by atoms with Crippen LogP contribution in [0.5, 0.6) is 5.75 Å². The van der Waals surface area contributed by atoms with Gasteiger partial charge in [0.2, 0.25) is 0 Å². The lowest BCUT2D eigenvalue weighted by Gasteiger charge is -2.11. The molecule has 0 unspecified atom stereocenters. The first kappa shape index (κ1) is 15.8. The summed E-state index contributed by atoms with van der Waals surface area (Å²) in [5, 5.41) is 8.90. The van der Waals surface area contributed by atoms with E-state index in [0.717, 1.165) is 40.0 Å². The van der Waals surface area contributed by atoms with Crippen molar-refractivity contribution in [1.82, 2.24) is 4.90 Å². The number of benzene rings is 1. The van der Waals surface area contributed by atoms with Gasteiger partial charge in [0.25, 0.3) is 5.91 Å². The minimum Gasteiger partial charge on any atom is -0.493 e. The van der Waals surface area contributed by atoms with Crippen LogP contribution in [0, 0.1) is 0 Å². The first-order valence-electron chi connectivity index (χ1n) is 6.89. The molecular weight excluding hydrogens is 334 g/mol. The van der Waals surface area contributed by atoms with Gasteiger partial charge in [0.1, 0.15) is 16.6 Å². The van der Waals surface area contributed by atoms with E-state index in [9.17, 15) is 9.59 Å². The fourth-order valence-electron chi connectivity index (χ4n) is 2.53. The molecule has 1 fully saturated rings. The molecule has 2 aliphatic heterocycles. The normalized spacial score (nSPS) is 18.7. The Balaban J connectivity index is 2.01. The van der Waals surface area contributed by atoms with Gasteiger partial charge in [-0.15, -0.1) is 0 Å². The van der Waals surface area contributed by atoms with Gasteiger partial charge in [-0.3, -0.25) is 14.5 Å². The van der Waals surface area contributed by atoms with Crippen molar-refractivity contribution in [2.45, 2.75) is 6.42 Å². The molecule has 0 bridgehead atoms. The molecule has 5 nitrogen and oxygen atoms in total. The van der Waals surface area contributed by atoms with Gasteiger partial charge in [-0.2, -0.15) is 0 Å². The maximum Gasteiger partial charge on any atom is 0.323 e. The van der Waals surface area contributed by atoms with Crippen LogP contribution in [0.25, 0.3) is 5.57 Å². The van der Waals surface area contributed by atoms with E-state index in [-0.39, 0.29) is 4.32 Å². The summed E-state index contributed by atoms with van der Waals surface area (Å²) >= 11 is 6.23. The summed E-state index contributed by atoms with van der Waals surface area (Å²) in [6, 6.07) is 5.72. The second kappa shape index (κ2) is 6.17. The number of hydrogen-bond acceptors (Lipinski definition) is 5. The predicted molar refractivity (Wildman–Crippen MR) is 92.3 cm³/mol. The second-order valence-corrected chi connectivity index (χ2v) is 6.67. The fourth-order valence-corrected chi connectivity index (χ4v) is 3.87. The molecule has 1 saturated heterocycles. The maximum absolute atomic E-state index is 12.5. The Kier molecular flexibility index (Phi) is 4.23. The number of nitrogens with zero attached hydrogens (tertiary/aromatic N) is 1. The third kappa shape index (κ3) is 2.89. The lowest BCUT2D eigenvalue weighted by atomic mass is 10.0. The number of amides is 1. The number of rotatable bonds is 4. The Labute approximate surface area is 142 Å². The van der Waals surface area contributed by atoms with Crippen LogP contribution < -0.4 is 4.74 Å². The number of carbonyl (C=O) groups excluding carboxylic acids is 1. The molecule has 23 heavy (non-hydrogen) atoms. The van der Waals surface area contributed by atoms with Gasteiger partial charge < -0.3 is 9.84 Å². The number of aliphatic carboxylic acids is 1. The summed E-state index contributed by atoms with van der Waals surface area (Å²) in [5.74, 6) is -0.637. The Morgan fingerprint density at radius 1 is 1.52 bits per heavy atom. The standard InChI is InChI=1S/C16H13NO4S2/c1-2-11(9-3-4-12-10(7-9)5-6-21-12)14-15(20)17(8-13(18)19)16(22)23-14/h2-4,7H,1,5-6,8H2,(H,18,19). The molecule has 2 heterocycles. The summed E-state index contributed by atoms with van der Waals surface area (Å²) in [7, 11) is 0. The maximum atomic E-state index is 12.5. The number of carbonyl (C=O) groups is 2. The van der Waals surface area contributed by atoms with E-state index in [1.54, 1.807) is 6.08 Å². The number of allylic oxidation sites excluding steroid dienone is 2. The Morgan fingerprint density at radius 3 is 3.00 bits per heavy atom. The van der Waals surface area contributed by atoms with Crippen molar-refractivity contribution in [3.8, 4) is 5.75 Å². The first-order chi connectivity index (χ1) is 11.0. The molecule has 0 atom stereocenters. The summed E-state index contributed by atoms with van der Waals surface area (Å²) < 4.78 is 5.73. The minimum atomic E-state index is -1.10. The van der Waals surface area contributed by atoms with Crippen molar-refractivity contribution < 1.29 is 19.4 Å². The third-order valence-electron chi connectivity index (χ3n) is 3.59. The van der Waals surface area contributed by atoms with E-state index < -0.39 is 18.4 Å². The van der Waals surface area contributed by atoms with Crippen molar-refractivity contribution in [3.63, 3.8) is 0 Å². The topological polar surface area (TPSA) is 66.8 Å².